The van der Waals surface area contributed by atoms with Crippen molar-refractivity contribution in [3.8, 4) is 0 Å². The summed E-state index contributed by atoms with van der Waals surface area (Å²) in [6.07, 6.45) is 9.30. The number of unbranched alkanes of at least 4 members (excludes halogenated alkanes) is 6. The van der Waals surface area contributed by atoms with Crippen molar-refractivity contribution >= 4 is 11.0 Å². The second-order valence-electron chi connectivity index (χ2n) is 4.91. The number of fused-ring (bicyclic) bond motifs is 1. The molecule has 2 aromatic rings. The molecule has 0 amide bonds. The van der Waals surface area contributed by atoms with Gasteiger partial charge in [0.05, 0.1) is 6.54 Å². The molecule has 0 aliphatic heterocycles. The summed E-state index contributed by atoms with van der Waals surface area (Å²) >= 11 is 0. The van der Waals surface area contributed by atoms with Crippen LogP contribution in [-0.2, 0) is 6.54 Å². The lowest BCUT2D eigenvalue weighted by Crippen LogP contribution is -2.01. The molecule has 98 valence electrons. The van der Waals surface area contributed by atoms with Crippen LogP contribution in [0.5, 0.6) is 0 Å². The van der Waals surface area contributed by atoms with Gasteiger partial charge in [-0.25, -0.2) is 0 Å². The normalized spacial score (nSPS) is 11.2. The molecule has 0 aliphatic carbocycles. The Bertz CT molecular complexity index is 428. The maximum Gasteiger partial charge on any atom is 0.113 e. The quantitative estimate of drug-likeness (QED) is 0.653. The van der Waals surface area contributed by atoms with E-state index in [0.717, 1.165) is 17.6 Å². The largest absolute Gasteiger partial charge is 0.184 e. The zero-order valence-corrected chi connectivity index (χ0v) is 11.3. The van der Waals surface area contributed by atoms with E-state index < -0.39 is 0 Å². The van der Waals surface area contributed by atoms with Gasteiger partial charge in [0.25, 0.3) is 0 Å². The van der Waals surface area contributed by atoms with Gasteiger partial charge in [0, 0.05) is 0 Å². The predicted molar refractivity (Wildman–Crippen MR) is 75.5 cm³/mol. The minimum atomic E-state index is 0.947. The number of hydrogen-bond donors (Lipinski definition) is 0. The van der Waals surface area contributed by atoms with Crippen LogP contribution in [0.25, 0.3) is 11.0 Å². The van der Waals surface area contributed by atoms with Crippen LogP contribution in [0, 0.1) is 0 Å². The predicted octanol–water partition coefficient (Wildman–Crippen LogP) is 4.18. The van der Waals surface area contributed by atoms with E-state index in [-0.39, 0.29) is 0 Å². The molecule has 3 heteroatoms. The van der Waals surface area contributed by atoms with E-state index in [2.05, 4.69) is 17.1 Å². The van der Waals surface area contributed by atoms with Gasteiger partial charge in [-0.2, -0.15) is 15.0 Å². The first-order valence-electron chi connectivity index (χ1n) is 7.20. The molecule has 0 unspecified atom stereocenters. The number of aromatic nitrogens is 3. The first kappa shape index (κ1) is 13.1. The van der Waals surface area contributed by atoms with Gasteiger partial charge in [-0.3, -0.25) is 0 Å². The highest BCUT2D eigenvalue weighted by molar-refractivity contribution is 5.72. The molecule has 1 heterocycles. The molecular weight excluding hydrogens is 222 g/mol. The van der Waals surface area contributed by atoms with Crippen LogP contribution >= 0.6 is 0 Å². The van der Waals surface area contributed by atoms with Crippen LogP contribution in [0.3, 0.4) is 0 Å². The molecule has 0 N–H and O–H groups in total. The third-order valence-electron chi connectivity index (χ3n) is 3.29. The van der Waals surface area contributed by atoms with Gasteiger partial charge < -0.3 is 0 Å². The molecule has 0 atom stereocenters. The van der Waals surface area contributed by atoms with E-state index in [1.165, 1.54) is 44.9 Å². The summed E-state index contributed by atoms with van der Waals surface area (Å²) in [6.45, 7) is 3.20. The monoisotopic (exact) mass is 245 g/mol. The molecule has 3 nitrogen and oxygen atoms in total. The fraction of sp³-hybridized carbons (Fsp3) is 0.600. The molecule has 0 aliphatic rings. The molecule has 0 bridgehead atoms. The number of aryl methyl sites for hydroxylation is 1. The molecule has 0 radical (unpaired) electrons. The molecule has 0 saturated carbocycles. The van der Waals surface area contributed by atoms with Crippen molar-refractivity contribution in [2.75, 3.05) is 0 Å². The topological polar surface area (TPSA) is 30.7 Å². The van der Waals surface area contributed by atoms with Crippen molar-refractivity contribution in [1.82, 2.24) is 15.0 Å². The minimum Gasteiger partial charge on any atom is -0.184 e. The van der Waals surface area contributed by atoms with Crippen molar-refractivity contribution in [2.45, 2.75) is 58.4 Å². The van der Waals surface area contributed by atoms with Gasteiger partial charge in [0.15, 0.2) is 0 Å². The molecule has 0 saturated heterocycles. The minimum absolute atomic E-state index is 0.947. The van der Waals surface area contributed by atoms with Crippen LogP contribution in [0.2, 0.25) is 0 Å². The summed E-state index contributed by atoms with van der Waals surface area (Å²) in [6, 6.07) is 8.05. The van der Waals surface area contributed by atoms with Crippen molar-refractivity contribution in [3.63, 3.8) is 0 Å². The zero-order chi connectivity index (χ0) is 12.6. The summed E-state index contributed by atoms with van der Waals surface area (Å²) in [4.78, 5) is 1.84. The third kappa shape index (κ3) is 3.83. The number of rotatable bonds is 8. The SMILES string of the molecule is CCCCCCCCCn1nc2ccccc2n1. The Morgan fingerprint density at radius 3 is 2.00 bits per heavy atom. The van der Waals surface area contributed by atoms with Crippen molar-refractivity contribution in [1.29, 1.82) is 0 Å². The number of hydrogen-bond acceptors (Lipinski definition) is 2. The van der Waals surface area contributed by atoms with Gasteiger partial charge in [-0.05, 0) is 18.6 Å². The van der Waals surface area contributed by atoms with Crippen molar-refractivity contribution < 1.29 is 0 Å². The average Bonchev–Trinajstić information content (AvgIpc) is 2.80. The Balaban J connectivity index is 1.67. The highest BCUT2D eigenvalue weighted by Crippen LogP contribution is 2.10. The molecule has 18 heavy (non-hydrogen) atoms. The Morgan fingerprint density at radius 2 is 1.39 bits per heavy atom. The van der Waals surface area contributed by atoms with Gasteiger partial charge >= 0.3 is 0 Å². The molecule has 0 spiro atoms. The zero-order valence-electron chi connectivity index (χ0n) is 11.3. The second kappa shape index (κ2) is 7.14. The Hall–Kier alpha value is -1.38. The lowest BCUT2D eigenvalue weighted by atomic mass is 10.1. The molecule has 1 aromatic heterocycles. The van der Waals surface area contributed by atoms with Crippen LogP contribution in [0.4, 0.5) is 0 Å². The first-order chi connectivity index (χ1) is 8.90. The van der Waals surface area contributed by atoms with Gasteiger partial charge in [0.2, 0.25) is 0 Å². The maximum absolute atomic E-state index is 4.47. The summed E-state index contributed by atoms with van der Waals surface area (Å²) in [5, 5.41) is 8.93. The lowest BCUT2D eigenvalue weighted by molar-refractivity contribution is 0.486. The van der Waals surface area contributed by atoms with Gasteiger partial charge in [0.1, 0.15) is 11.0 Å². The molecule has 1 aromatic carbocycles. The standard InChI is InChI=1S/C15H23N3/c1-2-3-4-5-6-7-10-13-18-16-14-11-8-9-12-15(14)17-18/h8-9,11-12H,2-7,10,13H2,1H3. The first-order valence-corrected chi connectivity index (χ1v) is 7.20. The smallest absolute Gasteiger partial charge is 0.113 e. The fourth-order valence-electron chi connectivity index (χ4n) is 2.21. The van der Waals surface area contributed by atoms with Crippen LogP contribution < -0.4 is 0 Å². The van der Waals surface area contributed by atoms with E-state index in [4.69, 9.17) is 0 Å². The van der Waals surface area contributed by atoms with Crippen molar-refractivity contribution in [2.24, 2.45) is 0 Å². The van der Waals surface area contributed by atoms with Crippen molar-refractivity contribution in [3.05, 3.63) is 24.3 Å². The Morgan fingerprint density at radius 1 is 0.833 bits per heavy atom. The van der Waals surface area contributed by atoms with Crippen LogP contribution in [0.1, 0.15) is 51.9 Å². The number of nitrogens with zero attached hydrogens (tertiary/aromatic N) is 3. The van der Waals surface area contributed by atoms with E-state index in [0.29, 0.717) is 0 Å². The Labute approximate surface area is 109 Å². The summed E-state index contributed by atoms with van der Waals surface area (Å²) in [5.41, 5.74) is 2.00. The summed E-state index contributed by atoms with van der Waals surface area (Å²) < 4.78 is 0. The molecule has 0 fully saturated rings. The molecule has 2 rings (SSSR count). The molecular formula is C15H23N3. The van der Waals surface area contributed by atoms with E-state index >= 15 is 0 Å². The summed E-state index contributed by atoms with van der Waals surface area (Å²) in [7, 11) is 0. The summed E-state index contributed by atoms with van der Waals surface area (Å²) in [5.74, 6) is 0. The van der Waals surface area contributed by atoms with E-state index in [9.17, 15) is 0 Å². The van der Waals surface area contributed by atoms with Crippen LogP contribution in [-0.4, -0.2) is 15.0 Å². The van der Waals surface area contributed by atoms with E-state index in [1.807, 2.05) is 29.1 Å². The lowest BCUT2D eigenvalue weighted by Gasteiger charge is -2.00. The average molecular weight is 245 g/mol. The maximum atomic E-state index is 4.47. The van der Waals surface area contributed by atoms with Gasteiger partial charge in [-0.15, -0.1) is 0 Å². The van der Waals surface area contributed by atoms with Gasteiger partial charge in [-0.1, -0.05) is 57.6 Å². The highest BCUT2D eigenvalue weighted by atomic mass is 15.5. The third-order valence-corrected chi connectivity index (χ3v) is 3.29. The van der Waals surface area contributed by atoms with E-state index in [1.54, 1.807) is 0 Å². The fourth-order valence-corrected chi connectivity index (χ4v) is 2.21. The highest BCUT2D eigenvalue weighted by Gasteiger charge is 2.00. The number of benzene rings is 1. The Kier molecular flexibility index (Phi) is 5.18. The van der Waals surface area contributed by atoms with Crippen LogP contribution in [0.15, 0.2) is 24.3 Å². The second-order valence-corrected chi connectivity index (χ2v) is 4.91.